The first-order valence-corrected chi connectivity index (χ1v) is 6.21. The van der Waals surface area contributed by atoms with Gasteiger partial charge < -0.3 is 10.5 Å². The van der Waals surface area contributed by atoms with Gasteiger partial charge in [0.25, 0.3) is 0 Å². The summed E-state index contributed by atoms with van der Waals surface area (Å²) >= 11 is 5.98. The molecule has 1 fully saturated rings. The van der Waals surface area contributed by atoms with Gasteiger partial charge in [-0.15, -0.1) is 0 Å². The molecule has 2 rings (SSSR count). The molecule has 94 valence electrons. The average Bonchev–Trinajstić information content (AvgIpc) is 2.67. The lowest BCUT2D eigenvalue weighted by molar-refractivity contribution is 0.0673. The zero-order valence-electron chi connectivity index (χ0n) is 9.88. The van der Waals surface area contributed by atoms with E-state index >= 15 is 0 Å². The largest absolute Gasteiger partial charge is 0.378 e. The van der Waals surface area contributed by atoms with Gasteiger partial charge in [0, 0.05) is 18.6 Å². The molecule has 1 heterocycles. The maximum absolute atomic E-state index is 13.4. The van der Waals surface area contributed by atoms with E-state index in [-0.39, 0.29) is 22.4 Å². The second-order valence-electron chi connectivity index (χ2n) is 4.72. The molecule has 2 atom stereocenters. The van der Waals surface area contributed by atoms with Gasteiger partial charge in [0.05, 0.1) is 11.1 Å². The molecule has 0 spiro atoms. The Kier molecular flexibility index (Phi) is 3.71. The van der Waals surface area contributed by atoms with Crippen molar-refractivity contribution in [2.75, 3.05) is 13.2 Å². The summed E-state index contributed by atoms with van der Waals surface area (Å²) in [6.07, 6.45) is 1.66. The second kappa shape index (κ2) is 4.92. The molecule has 0 bridgehead atoms. The fourth-order valence-electron chi connectivity index (χ4n) is 2.46. The molecule has 0 aromatic heterocycles. The molecule has 0 radical (unpaired) electrons. The fourth-order valence-corrected chi connectivity index (χ4v) is 2.65. The van der Waals surface area contributed by atoms with Gasteiger partial charge in [0.2, 0.25) is 0 Å². The Morgan fingerprint density at radius 2 is 2.35 bits per heavy atom. The standard InChI is InChI=1S/C13H17ClFNO/c1-9-13(8-16,5-6-17-9)7-10-3-2-4-11(15)12(10)14/h2-4,9H,5-8,16H2,1H3. The van der Waals surface area contributed by atoms with E-state index in [1.165, 1.54) is 6.07 Å². The summed E-state index contributed by atoms with van der Waals surface area (Å²) in [6.45, 7) is 3.26. The van der Waals surface area contributed by atoms with E-state index in [0.717, 1.165) is 12.0 Å². The second-order valence-corrected chi connectivity index (χ2v) is 5.10. The molecule has 17 heavy (non-hydrogen) atoms. The molecule has 0 aliphatic carbocycles. The number of hydrogen-bond acceptors (Lipinski definition) is 2. The highest BCUT2D eigenvalue weighted by molar-refractivity contribution is 6.31. The van der Waals surface area contributed by atoms with Crippen molar-refractivity contribution in [2.24, 2.45) is 11.1 Å². The Labute approximate surface area is 106 Å². The van der Waals surface area contributed by atoms with E-state index in [4.69, 9.17) is 22.1 Å². The molecular formula is C13H17ClFNO. The highest BCUT2D eigenvalue weighted by atomic mass is 35.5. The molecule has 2 nitrogen and oxygen atoms in total. The number of nitrogens with two attached hydrogens (primary N) is 1. The molecule has 2 N–H and O–H groups in total. The number of rotatable bonds is 3. The summed E-state index contributed by atoms with van der Waals surface area (Å²) in [4.78, 5) is 0. The Morgan fingerprint density at radius 1 is 1.59 bits per heavy atom. The van der Waals surface area contributed by atoms with Crippen molar-refractivity contribution in [1.82, 2.24) is 0 Å². The lowest BCUT2D eigenvalue weighted by atomic mass is 9.76. The average molecular weight is 258 g/mol. The van der Waals surface area contributed by atoms with Gasteiger partial charge in [-0.3, -0.25) is 0 Å². The Balaban J connectivity index is 2.27. The molecule has 2 unspecified atom stereocenters. The van der Waals surface area contributed by atoms with Crippen LogP contribution in [0.4, 0.5) is 4.39 Å². The van der Waals surface area contributed by atoms with E-state index in [1.807, 2.05) is 13.0 Å². The van der Waals surface area contributed by atoms with Crippen LogP contribution in [0, 0.1) is 11.2 Å². The Bertz CT molecular complexity index is 412. The molecule has 0 saturated carbocycles. The first kappa shape index (κ1) is 12.8. The number of ether oxygens (including phenoxy) is 1. The highest BCUT2D eigenvalue weighted by Crippen LogP contribution is 2.38. The zero-order valence-corrected chi connectivity index (χ0v) is 10.6. The van der Waals surface area contributed by atoms with Gasteiger partial charge in [0.15, 0.2) is 0 Å². The van der Waals surface area contributed by atoms with Crippen molar-refractivity contribution in [3.63, 3.8) is 0 Å². The van der Waals surface area contributed by atoms with E-state index < -0.39 is 0 Å². The van der Waals surface area contributed by atoms with Crippen LogP contribution in [0.25, 0.3) is 0 Å². The molecule has 1 aromatic rings. The van der Waals surface area contributed by atoms with Crippen LogP contribution < -0.4 is 5.73 Å². The molecule has 0 amide bonds. The third kappa shape index (κ3) is 2.32. The van der Waals surface area contributed by atoms with Crippen LogP contribution >= 0.6 is 11.6 Å². The SMILES string of the molecule is CC1OCCC1(CN)Cc1cccc(F)c1Cl. The Hall–Kier alpha value is -0.640. The van der Waals surface area contributed by atoms with Gasteiger partial charge in [0.1, 0.15) is 5.82 Å². The van der Waals surface area contributed by atoms with Gasteiger partial charge in [-0.1, -0.05) is 23.7 Å². The predicted octanol–water partition coefficient (Wildman–Crippen LogP) is 2.78. The van der Waals surface area contributed by atoms with E-state index in [2.05, 4.69) is 0 Å². The molecule has 1 aromatic carbocycles. The van der Waals surface area contributed by atoms with Crippen molar-refractivity contribution >= 4 is 11.6 Å². The van der Waals surface area contributed by atoms with E-state index in [9.17, 15) is 4.39 Å². The zero-order chi connectivity index (χ0) is 12.5. The summed E-state index contributed by atoms with van der Waals surface area (Å²) in [7, 11) is 0. The summed E-state index contributed by atoms with van der Waals surface area (Å²) < 4.78 is 19.0. The topological polar surface area (TPSA) is 35.2 Å². The number of benzene rings is 1. The van der Waals surface area contributed by atoms with Crippen LogP contribution in [0.5, 0.6) is 0 Å². The minimum absolute atomic E-state index is 0.0897. The maximum Gasteiger partial charge on any atom is 0.142 e. The van der Waals surface area contributed by atoms with Gasteiger partial charge in [-0.2, -0.15) is 0 Å². The van der Waals surface area contributed by atoms with Crippen molar-refractivity contribution in [3.8, 4) is 0 Å². The first-order valence-electron chi connectivity index (χ1n) is 5.83. The monoisotopic (exact) mass is 257 g/mol. The number of halogens is 2. The van der Waals surface area contributed by atoms with Crippen LogP contribution in [0.1, 0.15) is 18.9 Å². The van der Waals surface area contributed by atoms with Crippen LogP contribution in [0.15, 0.2) is 18.2 Å². The predicted molar refractivity (Wildman–Crippen MR) is 66.6 cm³/mol. The van der Waals surface area contributed by atoms with E-state index in [0.29, 0.717) is 19.6 Å². The minimum atomic E-state index is -0.372. The molecule has 1 aliphatic heterocycles. The van der Waals surface area contributed by atoms with Crippen molar-refractivity contribution in [1.29, 1.82) is 0 Å². The lowest BCUT2D eigenvalue weighted by Gasteiger charge is -2.31. The van der Waals surface area contributed by atoms with Gasteiger partial charge in [-0.25, -0.2) is 4.39 Å². The van der Waals surface area contributed by atoms with Crippen LogP contribution in [-0.4, -0.2) is 19.3 Å². The number of hydrogen-bond donors (Lipinski definition) is 1. The van der Waals surface area contributed by atoms with Crippen LogP contribution in [0.3, 0.4) is 0 Å². The van der Waals surface area contributed by atoms with Crippen molar-refractivity contribution in [3.05, 3.63) is 34.6 Å². The highest BCUT2D eigenvalue weighted by Gasteiger charge is 2.40. The summed E-state index contributed by atoms with van der Waals surface area (Å²) in [5.41, 5.74) is 6.58. The molecule has 1 saturated heterocycles. The molecule has 1 aliphatic rings. The Morgan fingerprint density at radius 3 is 2.94 bits per heavy atom. The first-order chi connectivity index (χ1) is 8.09. The van der Waals surface area contributed by atoms with Crippen LogP contribution in [0.2, 0.25) is 5.02 Å². The maximum atomic E-state index is 13.4. The lowest BCUT2D eigenvalue weighted by Crippen LogP contribution is -2.38. The quantitative estimate of drug-likeness (QED) is 0.904. The van der Waals surface area contributed by atoms with E-state index in [1.54, 1.807) is 6.07 Å². The summed E-state index contributed by atoms with van der Waals surface area (Å²) in [6, 6.07) is 4.91. The summed E-state index contributed by atoms with van der Waals surface area (Å²) in [5, 5.41) is 0.208. The molecule has 4 heteroatoms. The normalized spacial score (nSPS) is 28.6. The third-order valence-electron chi connectivity index (χ3n) is 3.81. The van der Waals surface area contributed by atoms with Crippen molar-refractivity contribution in [2.45, 2.75) is 25.9 Å². The fraction of sp³-hybridized carbons (Fsp3) is 0.538. The smallest absolute Gasteiger partial charge is 0.142 e. The third-order valence-corrected chi connectivity index (χ3v) is 4.23. The minimum Gasteiger partial charge on any atom is -0.378 e. The van der Waals surface area contributed by atoms with Gasteiger partial charge in [-0.05, 0) is 31.4 Å². The van der Waals surface area contributed by atoms with Gasteiger partial charge >= 0.3 is 0 Å². The van der Waals surface area contributed by atoms with Crippen molar-refractivity contribution < 1.29 is 9.13 Å². The molecular weight excluding hydrogens is 241 g/mol. The summed E-state index contributed by atoms with van der Waals surface area (Å²) in [5.74, 6) is -0.372. The van der Waals surface area contributed by atoms with Crippen LogP contribution in [-0.2, 0) is 11.2 Å².